The zero-order valence-corrected chi connectivity index (χ0v) is 22.9. The molecule has 2 heterocycles. The zero-order chi connectivity index (χ0) is 27.5. The van der Waals surface area contributed by atoms with Crippen LogP contribution in [0.2, 0.25) is 0 Å². The summed E-state index contributed by atoms with van der Waals surface area (Å²) >= 11 is 0. The van der Waals surface area contributed by atoms with E-state index in [2.05, 4.69) is 59.4 Å². The van der Waals surface area contributed by atoms with Crippen LogP contribution in [-0.4, -0.2) is 67.8 Å². The topological polar surface area (TPSA) is 77.9 Å². The number of rotatable bonds is 4. The fourth-order valence-electron chi connectivity index (χ4n) is 4.57. The summed E-state index contributed by atoms with van der Waals surface area (Å²) in [5.41, 5.74) is 5.17. The first-order chi connectivity index (χ1) is 18.5. The van der Waals surface area contributed by atoms with Crippen LogP contribution in [0.15, 0.2) is 85.1 Å². The van der Waals surface area contributed by atoms with Gasteiger partial charge in [-0.05, 0) is 61.9 Å². The van der Waals surface area contributed by atoms with E-state index in [-0.39, 0.29) is 11.9 Å². The van der Waals surface area contributed by atoms with Gasteiger partial charge in [-0.2, -0.15) is 0 Å². The number of ether oxygens (including phenoxy) is 1. The summed E-state index contributed by atoms with van der Waals surface area (Å²) in [7, 11) is 4.56. The fourth-order valence-corrected chi connectivity index (χ4v) is 4.57. The monoisotopic (exact) mass is 514 g/mol. The maximum atomic E-state index is 12.8. The average molecular weight is 515 g/mol. The molecule has 2 N–H and O–H groups in total. The summed E-state index contributed by atoms with van der Waals surface area (Å²) in [5.74, 6) is 0.965. The predicted molar refractivity (Wildman–Crippen MR) is 156 cm³/mol. The van der Waals surface area contributed by atoms with Crippen molar-refractivity contribution in [2.24, 2.45) is 0 Å². The number of hydrogen-bond acceptors (Lipinski definition) is 6. The average Bonchev–Trinajstić information content (AvgIpc) is 2.98. The van der Waals surface area contributed by atoms with Crippen LogP contribution >= 0.6 is 0 Å². The van der Waals surface area contributed by atoms with Gasteiger partial charge in [0.1, 0.15) is 5.75 Å². The van der Waals surface area contributed by atoms with Gasteiger partial charge in [0.05, 0.1) is 18.3 Å². The highest BCUT2D eigenvalue weighted by Crippen LogP contribution is 2.29. The molecule has 4 aromatic rings. The second-order valence-corrected chi connectivity index (χ2v) is 8.94. The molecule has 1 saturated heterocycles. The first kappa shape index (κ1) is 28.5. The van der Waals surface area contributed by atoms with Crippen LogP contribution in [-0.2, 0) is 0 Å². The maximum absolute atomic E-state index is 12.8. The van der Waals surface area contributed by atoms with Crippen LogP contribution in [0.1, 0.15) is 22.8 Å². The molecular formula is C31H38N4O3. The van der Waals surface area contributed by atoms with E-state index in [0.717, 1.165) is 48.4 Å². The molecule has 1 unspecified atom stereocenters. The summed E-state index contributed by atoms with van der Waals surface area (Å²) in [5, 5.41) is 11.3. The maximum Gasteiger partial charge on any atom is 0.254 e. The number of fused-ring (bicyclic) bond motifs is 1. The normalized spacial score (nSPS) is 14.5. The third-order valence-corrected chi connectivity index (χ3v) is 6.57. The Labute approximate surface area is 225 Å². The lowest BCUT2D eigenvalue weighted by Crippen LogP contribution is -2.54. The zero-order valence-electron chi connectivity index (χ0n) is 22.9. The minimum Gasteiger partial charge on any atom is -0.495 e. The van der Waals surface area contributed by atoms with Gasteiger partial charge in [-0.3, -0.25) is 9.78 Å². The number of carbonyl (C=O) groups excluding carboxylic acids is 1. The van der Waals surface area contributed by atoms with Crippen LogP contribution in [0.25, 0.3) is 10.9 Å². The standard InChI is InChI=1S/C20H25N3O2.C10H9N.CH4O/c1-15-14-22(18-6-4-5-7-19(18)25-3)12-13-23(15)20(24)16-8-10-17(21-2)11-9-16;1-8-4-2-5-9-6-3-7-11-10(8)9;1-2/h4-11,15,21H,12-14H2,1-3H3;2-7H,1H3;2H,1H3. The Morgan fingerprint density at radius 2 is 1.68 bits per heavy atom. The Hall–Kier alpha value is -4.10. The number of anilines is 2. The molecule has 7 nitrogen and oxygen atoms in total. The molecule has 1 aliphatic rings. The van der Waals surface area contributed by atoms with Crippen LogP contribution in [0.5, 0.6) is 5.75 Å². The molecule has 0 saturated carbocycles. The number of nitrogens with zero attached hydrogens (tertiary/aromatic N) is 3. The van der Waals surface area contributed by atoms with Crippen molar-refractivity contribution in [2.75, 3.05) is 51.1 Å². The molecule has 0 bridgehead atoms. The van der Waals surface area contributed by atoms with Gasteiger partial charge < -0.3 is 25.0 Å². The van der Waals surface area contributed by atoms with E-state index in [1.165, 1.54) is 10.9 Å². The van der Waals surface area contributed by atoms with Crippen LogP contribution in [0, 0.1) is 6.92 Å². The van der Waals surface area contributed by atoms with Gasteiger partial charge in [0.2, 0.25) is 0 Å². The minimum absolute atomic E-state index is 0.0924. The van der Waals surface area contributed by atoms with Crippen molar-refractivity contribution in [3.63, 3.8) is 0 Å². The van der Waals surface area contributed by atoms with Crippen LogP contribution in [0.3, 0.4) is 0 Å². The molecule has 3 aromatic carbocycles. The van der Waals surface area contributed by atoms with E-state index in [9.17, 15) is 4.79 Å². The number of aryl methyl sites for hydroxylation is 1. The van der Waals surface area contributed by atoms with E-state index in [1.54, 1.807) is 7.11 Å². The third-order valence-electron chi connectivity index (χ3n) is 6.57. The highest BCUT2D eigenvalue weighted by atomic mass is 16.5. The summed E-state index contributed by atoms with van der Waals surface area (Å²) in [6, 6.07) is 26.0. The molecular weight excluding hydrogens is 476 g/mol. The number of pyridine rings is 1. The third kappa shape index (κ3) is 6.81. The molecule has 38 heavy (non-hydrogen) atoms. The van der Waals surface area contributed by atoms with Crippen molar-refractivity contribution in [3.8, 4) is 5.75 Å². The number of carbonyl (C=O) groups is 1. The van der Waals surface area contributed by atoms with Gasteiger partial charge in [0, 0.05) is 62.7 Å². The number of piperazine rings is 1. The summed E-state index contributed by atoms with van der Waals surface area (Å²) < 4.78 is 5.47. The number of hydrogen-bond donors (Lipinski definition) is 2. The molecule has 200 valence electrons. The van der Waals surface area contributed by atoms with Crippen LogP contribution < -0.4 is 15.0 Å². The van der Waals surface area contributed by atoms with Crippen molar-refractivity contribution < 1.29 is 14.6 Å². The summed E-state index contributed by atoms with van der Waals surface area (Å²) in [6.07, 6.45) is 1.83. The number of nitrogens with one attached hydrogen (secondary N) is 1. The Morgan fingerprint density at radius 3 is 2.34 bits per heavy atom. The smallest absolute Gasteiger partial charge is 0.254 e. The molecule has 5 rings (SSSR count). The Balaban J connectivity index is 0.000000255. The van der Waals surface area contributed by atoms with Gasteiger partial charge >= 0.3 is 0 Å². The SMILES string of the molecule is CNc1ccc(C(=O)N2CCN(c3ccccc3OC)CC2C)cc1.CO.Cc1cccc2cccnc12. The highest BCUT2D eigenvalue weighted by molar-refractivity contribution is 5.95. The molecule has 1 atom stereocenters. The van der Waals surface area contributed by atoms with Gasteiger partial charge in [-0.15, -0.1) is 0 Å². The highest BCUT2D eigenvalue weighted by Gasteiger charge is 2.29. The van der Waals surface area contributed by atoms with Gasteiger partial charge in [-0.25, -0.2) is 0 Å². The molecule has 1 amide bonds. The van der Waals surface area contributed by atoms with E-state index < -0.39 is 0 Å². The first-order valence-electron chi connectivity index (χ1n) is 12.7. The summed E-state index contributed by atoms with van der Waals surface area (Å²) in [6.45, 7) is 6.47. The van der Waals surface area contributed by atoms with Gasteiger partial charge in [0.15, 0.2) is 0 Å². The quantitative estimate of drug-likeness (QED) is 0.388. The lowest BCUT2D eigenvalue weighted by molar-refractivity contribution is 0.0674. The molecule has 0 aliphatic carbocycles. The van der Waals surface area contributed by atoms with E-state index in [4.69, 9.17) is 9.84 Å². The van der Waals surface area contributed by atoms with Crippen molar-refractivity contribution in [2.45, 2.75) is 19.9 Å². The second-order valence-electron chi connectivity index (χ2n) is 8.94. The van der Waals surface area contributed by atoms with Crippen molar-refractivity contribution in [1.29, 1.82) is 0 Å². The number of aliphatic hydroxyl groups excluding tert-OH is 1. The number of aliphatic hydroxyl groups is 1. The minimum atomic E-state index is 0.0924. The number of benzene rings is 3. The molecule has 7 heteroatoms. The Bertz CT molecular complexity index is 1300. The van der Waals surface area contributed by atoms with Crippen molar-refractivity contribution in [3.05, 3.63) is 96.2 Å². The van der Waals surface area contributed by atoms with E-state index >= 15 is 0 Å². The lowest BCUT2D eigenvalue weighted by Gasteiger charge is -2.41. The second kappa shape index (κ2) is 14.0. The Morgan fingerprint density at radius 1 is 0.974 bits per heavy atom. The number of methoxy groups -OCH3 is 1. The van der Waals surface area contributed by atoms with Crippen molar-refractivity contribution >= 4 is 28.2 Å². The van der Waals surface area contributed by atoms with E-state index in [1.807, 2.05) is 66.7 Å². The summed E-state index contributed by atoms with van der Waals surface area (Å²) in [4.78, 5) is 21.4. The molecule has 0 radical (unpaired) electrons. The number of amides is 1. The molecule has 0 spiro atoms. The van der Waals surface area contributed by atoms with Gasteiger partial charge in [-0.1, -0.05) is 36.4 Å². The largest absolute Gasteiger partial charge is 0.495 e. The first-order valence-corrected chi connectivity index (χ1v) is 12.7. The number of para-hydroxylation sites is 3. The molecule has 1 fully saturated rings. The number of aromatic nitrogens is 1. The van der Waals surface area contributed by atoms with Crippen molar-refractivity contribution in [1.82, 2.24) is 9.88 Å². The lowest BCUT2D eigenvalue weighted by atomic mass is 10.1. The van der Waals surface area contributed by atoms with Gasteiger partial charge in [0.25, 0.3) is 5.91 Å². The predicted octanol–water partition coefficient (Wildman–Crippen LogP) is 5.24. The molecule has 1 aromatic heterocycles. The van der Waals surface area contributed by atoms with E-state index in [0.29, 0.717) is 6.54 Å². The molecule has 1 aliphatic heterocycles. The Kier molecular flexibility index (Phi) is 10.5. The van der Waals surface area contributed by atoms with Crippen LogP contribution in [0.4, 0.5) is 11.4 Å². The fraction of sp³-hybridized carbons (Fsp3) is 0.290.